The molecule has 3 N–H and O–H groups in total. The van der Waals surface area contributed by atoms with E-state index in [2.05, 4.69) is 38.2 Å². The van der Waals surface area contributed by atoms with E-state index >= 15 is 0 Å². The number of ether oxygens (including phenoxy) is 2. The van der Waals surface area contributed by atoms with E-state index in [9.17, 15) is 19.0 Å². The number of esters is 2. The maximum Gasteiger partial charge on any atom is 0.472 e. The molecule has 0 saturated heterocycles. The number of unbranched alkanes of at least 4 members (excludes halogenated alkanes) is 30. The second-order valence-corrected chi connectivity index (χ2v) is 18.1. The number of carbonyl (C=O) groups excluding carboxylic acids is 2. The summed E-state index contributed by atoms with van der Waals surface area (Å²) >= 11 is 0. The molecule has 0 aliphatic heterocycles. The lowest BCUT2D eigenvalue weighted by atomic mass is 10.0. The lowest BCUT2D eigenvalue weighted by Gasteiger charge is -2.19. The molecule has 0 aliphatic carbocycles. The van der Waals surface area contributed by atoms with Crippen molar-refractivity contribution in [1.29, 1.82) is 0 Å². The molecule has 59 heavy (non-hydrogen) atoms. The maximum atomic E-state index is 12.6. The van der Waals surface area contributed by atoms with Crippen molar-refractivity contribution in [3.8, 4) is 0 Å². The van der Waals surface area contributed by atoms with Gasteiger partial charge in [-0.05, 0) is 44.9 Å². The van der Waals surface area contributed by atoms with Crippen molar-refractivity contribution >= 4 is 19.8 Å². The second kappa shape index (κ2) is 46.0. The molecule has 0 heterocycles. The van der Waals surface area contributed by atoms with Gasteiger partial charge < -0.3 is 20.1 Å². The van der Waals surface area contributed by atoms with Gasteiger partial charge in [0.15, 0.2) is 6.10 Å². The topological polar surface area (TPSA) is 134 Å². The normalized spacial score (nSPS) is 13.4. The summed E-state index contributed by atoms with van der Waals surface area (Å²) in [6.45, 7) is 3.73. The van der Waals surface area contributed by atoms with Gasteiger partial charge in [-0.2, -0.15) is 0 Å². The summed E-state index contributed by atoms with van der Waals surface area (Å²) in [6.07, 6.45) is 50.9. The van der Waals surface area contributed by atoms with Crippen molar-refractivity contribution in [1.82, 2.24) is 0 Å². The van der Waals surface area contributed by atoms with Gasteiger partial charge in [0.2, 0.25) is 0 Å². The number of hydrogen-bond donors (Lipinski definition) is 2. The van der Waals surface area contributed by atoms with Crippen LogP contribution in [0.3, 0.4) is 0 Å². The number of carbonyl (C=O) groups is 2. The van der Waals surface area contributed by atoms with E-state index in [0.717, 1.165) is 38.5 Å². The predicted molar refractivity (Wildman–Crippen MR) is 247 cm³/mol. The Bertz CT molecular complexity index is 1020. The van der Waals surface area contributed by atoms with Gasteiger partial charge in [0.1, 0.15) is 6.61 Å². The summed E-state index contributed by atoms with van der Waals surface area (Å²) < 4.78 is 32.8. The van der Waals surface area contributed by atoms with Gasteiger partial charge in [-0.3, -0.25) is 18.6 Å². The van der Waals surface area contributed by atoms with E-state index in [-0.39, 0.29) is 32.6 Å². The van der Waals surface area contributed by atoms with Crippen molar-refractivity contribution in [3.05, 3.63) is 24.3 Å². The zero-order valence-electron chi connectivity index (χ0n) is 38.5. The van der Waals surface area contributed by atoms with E-state index in [1.165, 1.54) is 167 Å². The molecule has 0 radical (unpaired) electrons. The summed E-state index contributed by atoms with van der Waals surface area (Å²) in [6, 6.07) is 0. The molecular formula is C49H94NO8P. The molecule has 10 heteroatoms. The van der Waals surface area contributed by atoms with Gasteiger partial charge in [0.25, 0.3) is 0 Å². The molecule has 0 saturated carbocycles. The highest BCUT2D eigenvalue weighted by Crippen LogP contribution is 2.43. The van der Waals surface area contributed by atoms with Crippen LogP contribution in [0.1, 0.15) is 245 Å². The molecular weight excluding hydrogens is 762 g/mol. The van der Waals surface area contributed by atoms with Gasteiger partial charge in [0.05, 0.1) is 13.2 Å². The first-order valence-corrected chi connectivity index (χ1v) is 26.3. The van der Waals surface area contributed by atoms with Crippen molar-refractivity contribution in [2.45, 2.75) is 251 Å². The van der Waals surface area contributed by atoms with Crippen LogP contribution in [0.2, 0.25) is 0 Å². The molecule has 0 amide bonds. The summed E-state index contributed by atoms with van der Waals surface area (Å²) in [7, 11) is -4.38. The van der Waals surface area contributed by atoms with Crippen LogP contribution in [0.15, 0.2) is 24.3 Å². The molecule has 0 aromatic rings. The molecule has 0 bridgehead atoms. The van der Waals surface area contributed by atoms with Gasteiger partial charge in [0, 0.05) is 19.4 Å². The quantitative estimate of drug-likeness (QED) is 0.0265. The van der Waals surface area contributed by atoms with Gasteiger partial charge in [-0.1, -0.05) is 212 Å². The molecule has 9 nitrogen and oxygen atoms in total. The van der Waals surface area contributed by atoms with E-state index in [1.807, 2.05) is 0 Å². The summed E-state index contributed by atoms with van der Waals surface area (Å²) in [5, 5.41) is 0. The lowest BCUT2D eigenvalue weighted by Crippen LogP contribution is -2.29. The van der Waals surface area contributed by atoms with E-state index < -0.39 is 32.5 Å². The minimum absolute atomic E-state index is 0.0506. The lowest BCUT2D eigenvalue weighted by molar-refractivity contribution is -0.161. The Kier molecular flexibility index (Phi) is 44.8. The van der Waals surface area contributed by atoms with Crippen LogP contribution in [0.5, 0.6) is 0 Å². The first-order valence-electron chi connectivity index (χ1n) is 24.8. The van der Waals surface area contributed by atoms with Crippen LogP contribution in [-0.2, 0) is 32.7 Å². The number of rotatable bonds is 47. The van der Waals surface area contributed by atoms with Gasteiger partial charge in [-0.25, -0.2) is 4.57 Å². The first kappa shape index (κ1) is 57.5. The van der Waals surface area contributed by atoms with Crippen molar-refractivity contribution in [2.75, 3.05) is 26.4 Å². The molecule has 0 rings (SSSR count). The third-order valence-electron chi connectivity index (χ3n) is 10.8. The second-order valence-electron chi connectivity index (χ2n) is 16.7. The van der Waals surface area contributed by atoms with Crippen LogP contribution < -0.4 is 5.73 Å². The summed E-state index contributed by atoms with van der Waals surface area (Å²) in [5.41, 5.74) is 5.36. The molecule has 2 atom stereocenters. The van der Waals surface area contributed by atoms with Crippen LogP contribution in [0.25, 0.3) is 0 Å². The van der Waals surface area contributed by atoms with Crippen LogP contribution in [-0.4, -0.2) is 49.3 Å². The molecule has 0 spiro atoms. The predicted octanol–water partition coefficient (Wildman–Crippen LogP) is 14.7. The smallest absolute Gasteiger partial charge is 0.462 e. The third kappa shape index (κ3) is 45.8. The van der Waals surface area contributed by atoms with Crippen LogP contribution in [0.4, 0.5) is 0 Å². The zero-order valence-corrected chi connectivity index (χ0v) is 39.4. The Balaban J connectivity index is 4.07. The number of nitrogens with two attached hydrogens (primary N) is 1. The number of hydrogen-bond acceptors (Lipinski definition) is 8. The van der Waals surface area contributed by atoms with Crippen molar-refractivity contribution < 1.29 is 37.6 Å². The Morgan fingerprint density at radius 3 is 1.31 bits per heavy atom. The molecule has 0 aliphatic rings. The first-order chi connectivity index (χ1) is 28.8. The third-order valence-corrected chi connectivity index (χ3v) is 11.8. The fraction of sp³-hybridized carbons (Fsp3) is 0.878. The Hall–Kier alpha value is -1.51. The van der Waals surface area contributed by atoms with Crippen LogP contribution >= 0.6 is 7.82 Å². The minimum atomic E-state index is -4.38. The fourth-order valence-electron chi connectivity index (χ4n) is 7.13. The average molecular weight is 856 g/mol. The van der Waals surface area contributed by atoms with Crippen LogP contribution in [0, 0.1) is 0 Å². The Morgan fingerprint density at radius 2 is 0.864 bits per heavy atom. The summed E-state index contributed by atoms with van der Waals surface area (Å²) in [4.78, 5) is 34.9. The molecule has 0 fully saturated rings. The largest absolute Gasteiger partial charge is 0.472 e. The standard InChI is InChI=1S/C49H94NO8P/c1-3-5-7-9-11-13-15-17-19-20-21-22-23-24-25-26-28-29-31-33-35-37-39-41-48(51)55-45-47(46-57-59(53,54)56-44-43-50)58-49(52)42-40-38-36-34-32-30-27-18-16-14-12-10-8-6-4-2/h26,28,33,35,47H,3-25,27,29-32,34,36-46,50H2,1-2H3,(H,53,54)/b28-26+,35-33+/t47-/m0/s1. The number of allylic oxidation sites excluding steroid dienone is 4. The number of phosphoric acid groups is 1. The maximum absolute atomic E-state index is 12.6. The molecule has 1 unspecified atom stereocenters. The van der Waals surface area contributed by atoms with E-state index in [1.54, 1.807) is 0 Å². The van der Waals surface area contributed by atoms with Crippen molar-refractivity contribution in [3.63, 3.8) is 0 Å². The number of phosphoric ester groups is 1. The highest BCUT2D eigenvalue weighted by molar-refractivity contribution is 7.47. The average Bonchev–Trinajstić information content (AvgIpc) is 3.22. The fourth-order valence-corrected chi connectivity index (χ4v) is 7.89. The Labute approximate surface area is 363 Å². The molecule has 0 aromatic carbocycles. The minimum Gasteiger partial charge on any atom is -0.462 e. The van der Waals surface area contributed by atoms with E-state index in [0.29, 0.717) is 12.8 Å². The highest BCUT2D eigenvalue weighted by Gasteiger charge is 2.26. The van der Waals surface area contributed by atoms with Crippen molar-refractivity contribution in [2.24, 2.45) is 5.73 Å². The monoisotopic (exact) mass is 856 g/mol. The molecule has 348 valence electrons. The molecule has 0 aromatic heterocycles. The Morgan fingerprint density at radius 1 is 0.492 bits per heavy atom. The van der Waals surface area contributed by atoms with Gasteiger partial charge in [-0.15, -0.1) is 0 Å². The van der Waals surface area contributed by atoms with Gasteiger partial charge >= 0.3 is 19.8 Å². The SMILES string of the molecule is CCCCCCCCCCCCCCCC/C=C/CC/C=C/CCCC(=O)OC[C@@H](COP(=O)(O)OCCN)OC(=O)CCCCCCCCCCCCCCCCC. The van der Waals surface area contributed by atoms with E-state index in [4.69, 9.17) is 24.3 Å². The zero-order chi connectivity index (χ0) is 43.2. The summed E-state index contributed by atoms with van der Waals surface area (Å²) in [5.74, 6) is -0.866. The highest BCUT2D eigenvalue weighted by atomic mass is 31.2.